The van der Waals surface area contributed by atoms with Gasteiger partial charge in [0.15, 0.2) is 0 Å². The maximum Gasteiger partial charge on any atom is 0.319 e. The third-order valence-electron chi connectivity index (χ3n) is 3.84. The minimum atomic E-state index is -0.154. The number of carbonyl (C=O) groups excluding carboxylic acids is 1. The topological polar surface area (TPSA) is 53.6 Å². The lowest BCUT2D eigenvalue weighted by Gasteiger charge is -2.19. The number of nitrogens with one attached hydrogen (secondary N) is 2. The molecule has 22 heavy (non-hydrogen) atoms. The molecule has 0 aromatic heterocycles. The molecule has 1 aromatic carbocycles. The lowest BCUT2D eigenvalue weighted by molar-refractivity contribution is 0.246. The van der Waals surface area contributed by atoms with Crippen LogP contribution in [0.1, 0.15) is 32.6 Å². The van der Waals surface area contributed by atoms with Gasteiger partial charge in [0.25, 0.3) is 0 Å². The van der Waals surface area contributed by atoms with Gasteiger partial charge in [-0.15, -0.1) is 0 Å². The van der Waals surface area contributed by atoms with Gasteiger partial charge in [0.1, 0.15) is 5.75 Å². The Morgan fingerprint density at radius 3 is 2.45 bits per heavy atom. The molecule has 2 N–H and O–H groups in total. The van der Waals surface area contributed by atoms with Crippen LogP contribution < -0.4 is 15.4 Å². The second kappa shape index (κ2) is 9.30. The summed E-state index contributed by atoms with van der Waals surface area (Å²) < 4.78 is 5.37. The Hall–Kier alpha value is -1.75. The van der Waals surface area contributed by atoms with Gasteiger partial charge >= 0.3 is 6.03 Å². The molecular formula is C17H27N3O2. The number of nitrogens with zero attached hydrogens (tertiary/aromatic N) is 1. The molecule has 122 valence electrons. The lowest BCUT2D eigenvalue weighted by Crippen LogP contribution is -2.37. The molecule has 2 amide bonds. The third-order valence-corrected chi connectivity index (χ3v) is 3.84. The van der Waals surface area contributed by atoms with Crippen LogP contribution in [0.3, 0.4) is 0 Å². The molecule has 0 unspecified atom stereocenters. The van der Waals surface area contributed by atoms with Gasteiger partial charge in [-0.05, 0) is 57.1 Å². The number of ether oxygens (including phenoxy) is 1. The van der Waals surface area contributed by atoms with Crippen molar-refractivity contribution in [2.75, 3.05) is 38.1 Å². The molecule has 1 fully saturated rings. The van der Waals surface area contributed by atoms with E-state index in [2.05, 4.69) is 15.5 Å². The zero-order valence-electron chi connectivity index (χ0n) is 13.4. The van der Waals surface area contributed by atoms with E-state index in [-0.39, 0.29) is 6.03 Å². The van der Waals surface area contributed by atoms with E-state index in [1.54, 1.807) is 0 Å². The second-order valence-corrected chi connectivity index (χ2v) is 5.59. The molecule has 5 heteroatoms. The molecule has 2 rings (SSSR count). The molecule has 0 atom stereocenters. The molecule has 1 heterocycles. The number of hydrogen-bond acceptors (Lipinski definition) is 3. The van der Waals surface area contributed by atoms with Crippen molar-refractivity contribution in [2.45, 2.75) is 32.6 Å². The van der Waals surface area contributed by atoms with E-state index in [0.717, 1.165) is 31.1 Å². The number of amides is 2. The first kappa shape index (κ1) is 16.6. The molecule has 5 nitrogen and oxygen atoms in total. The summed E-state index contributed by atoms with van der Waals surface area (Å²) in [5, 5.41) is 5.75. The fourth-order valence-corrected chi connectivity index (χ4v) is 2.66. The van der Waals surface area contributed by atoms with Crippen LogP contribution in [0.2, 0.25) is 0 Å². The van der Waals surface area contributed by atoms with Crippen LogP contribution in [0.25, 0.3) is 0 Å². The highest BCUT2D eigenvalue weighted by atomic mass is 16.5. The Labute approximate surface area is 133 Å². The van der Waals surface area contributed by atoms with Crippen LogP contribution in [0.5, 0.6) is 5.75 Å². The van der Waals surface area contributed by atoms with E-state index < -0.39 is 0 Å². The van der Waals surface area contributed by atoms with Gasteiger partial charge in [0.05, 0.1) is 6.61 Å². The molecule has 1 saturated heterocycles. The zero-order valence-corrected chi connectivity index (χ0v) is 13.4. The summed E-state index contributed by atoms with van der Waals surface area (Å²) in [6.45, 7) is 6.51. The van der Waals surface area contributed by atoms with Gasteiger partial charge in [-0.3, -0.25) is 0 Å². The summed E-state index contributed by atoms with van der Waals surface area (Å²) in [6.07, 6.45) is 5.22. The Morgan fingerprint density at radius 1 is 1.14 bits per heavy atom. The van der Waals surface area contributed by atoms with Gasteiger partial charge in [-0.2, -0.15) is 0 Å². The van der Waals surface area contributed by atoms with Crippen molar-refractivity contribution in [3.05, 3.63) is 24.3 Å². The average Bonchev–Trinajstić information content (AvgIpc) is 2.78. The molecule has 0 radical (unpaired) electrons. The van der Waals surface area contributed by atoms with Crippen molar-refractivity contribution in [3.63, 3.8) is 0 Å². The van der Waals surface area contributed by atoms with E-state index in [9.17, 15) is 4.79 Å². The van der Waals surface area contributed by atoms with E-state index in [1.165, 1.54) is 25.7 Å². The maximum atomic E-state index is 11.9. The van der Waals surface area contributed by atoms with Crippen LogP contribution >= 0.6 is 0 Å². The monoisotopic (exact) mass is 305 g/mol. The average molecular weight is 305 g/mol. The van der Waals surface area contributed by atoms with Crippen molar-refractivity contribution in [3.8, 4) is 5.75 Å². The quantitative estimate of drug-likeness (QED) is 0.849. The number of hydrogen-bond donors (Lipinski definition) is 2. The standard InChI is InChI=1S/C17H27N3O2/c1-2-22-16-9-7-15(8-10-16)19-17(21)18-11-14-20-12-5-3-4-6-13-20/h7-10H,2-6,11-14H2,1H3,(H2,18,19,21). The summed E-state index contributed by atoms with van der Waals surface area (Å²) in [6, 6.07) is 7.25. The van der Waals surface area contributed by atoms with Crippen LogP contribution in [0, 0.1) is 0 Å². The highest BCUT2D eigenvalue weighted by molar-refractivity contribution is 5.89. The minimum absolute atomic E-state index is 0.154. The van der Waals surface area contributed by atoms with Gasteiger partial charge in [0.2, 0.25) is 0 Å². The number of carbonyl (C=O) groups is 1. The summed E-state index contributed by atoms with van der Waals surface area (Å²) in [7, 11) is 0. The van der Waals surface area contributed by atoms with Crippen molar-refractivity contribution in [1.29, 1.82) is 0 Å². The minimum Gasteiger partial charge on any atom is -0.494 e. The van der Waals surface area contributed by atoms with Gasteiger partial charge in [-0.25, -0.2) is 4.79 Å². The SMILES string of the molecule is CCOc1ccc(NC(=O)NCCN2CCCCCC2)cc1. The Morgan fingerprint density at radius 2 is 1.82 bits per heavy atom. The molecule has 1 aliphatic rings. The van der Waals surface area contributed by atoms with Crippen LogP contribution in [0.15, 0.2) is 24.3 Å². The number of benzene rings is 1. The van der Waals surface area contributed by atoms with Crippen LogP contribution in [0.4, 0.5) is 10.5 Å². The first-order valence-corrected chi connectivity index (χ1v) is 8.28. The summed E-state index contributed by atoms with van der Waals surface area (Å²) >= 11 is 0. The maximum absolute atomic E-state index is 11.9. The van der Waals surface area contributed by atoms with E-state index in [4.69, 9.17) is 4.74 Å². The number of urea groups is 1. The van der Waals surface area contributed by atoms with Crippen LogP contribution in [-0.2, 0) is 0 Å². The fourth-order valence-electron chi connectivity index (χ4n) is 2.66. The van der Waals surface area contributed by atoms with E-state index >= 15 is 0 Å². The molecule has 1 aromatic rings. The normalized spacial score (nSPS) is 15.9. The first-order chi connectivity index (χ1) is 10.8. The summed E-state index contributed by atoms with van der Waals surface area (Å²) in [5.41, 5.74) is 0.774. The summed E-state index contributed by atoms with van der Waals surface area (Å²) in [5.74, 6) is 0.814. The molecular weight excluding hydrogens is 278 g/mol. The van der Waals surface area contributed by atoms with Gasteiger partial charge in [0, 0.05) is 18.8 Å². The molecule has 0 saturated carbocycles. The Kier molecular flexibility index (Phi) is 7.03. The number of rotatable bonds is 6. The predicted molar refractivity (Wildman–Crippen MR) is 89.5 cm³/mol. The molecule has 1 aliphatic heterocycles. The van der Waals surface area contributed by atoms with Crippen LogP contribution in [-0.4, -0.2) is 43.7 Å². The molecule has 0 aliphatic carbocycles. The van der Waals surface area contributed by atoms with Gasteiger partial charge < -0.3 is 20.3 Å². The molecule has 0 bridgehead atoms. The lowest BCUT2D eigenvalue weighted by atomic mass is 10.2. The third kappa shape index (κ3) is 5.93. The highest BCUT2D eigenvalue weighted by Crippen LogP contribution is 2.15. The number of anilines is 1. The first-order valence-electron chi connectivity index (χ1n) is 8.28. The molecule has 0 spiro atoms. The predicted octanol–water partition coefficient (Wildman–Crippen LogP) is 3.08. The second-order valence-electron chi connectivity index (χ2n) is 5.59. The smallest absolute Gasteiger partial charge is 0.319 e. The largest absolute Gasteiger partial charge is 0.494 e. The van der Waals surface area contributed by atoms with Crippen molar-refractivity contribution in [1.82, 2.24) is 10.2 Å². The van der Waals surface area contributed by atoms with Gasteiger partial charge in [-0.1, -0.05) is 12.8 Å². The van der Waals surface area contributed by atoms with E-state index in [1.807, 2.05) is 31.2 Å². The van der Waals surface area contributed by atoms with Crippen molar-refractivity contribution < 1.29 is 9.53 Å². The summed E-state index contributed by atoms with van der Waals surface area (Å²) in [4.78, 5) is 14.3. The zero-order chi connectivity index (χ0) is 15.6. The number of likely N-dealkylation sites (tertiary alicyclic amines) is 1. The van der Waals surface area contributed by atoms with E-state index in [0.29, 0.717) is 13.2 Å². The Bertz CT molecular complexity index is 440. The Balaban J connectivity index is 1.66. The van der Waals surface area contributed by atoms with Crippen molar-refractivity contribution in [2.24, 2.45) is 0 Å². The van der Waals surface area contributed by atoms with Crippen molar-refractivity contribution >= 4 is 11.7 Å². The fraction of sp³-hybridized carbons (Fsp3) is 0.588. The highest BCUT2D eigenvalue weighted by Gasteiger charge is 2.09.